The van der Waals surface area contributed by atoms with E-state index < -0.39 is 0 Å². The number of hydrogen-bond donors (Lipinski definition) is 0. The molecule has 5 heteroatoms. The van der Waals surface area contributed by atoms with Gasteiger partial charge in [0, 0.05) is 25.2 Å². The van der Waals surface area contributed by atoms with Crippen LogP contribution in [0.1, 0.15) is 29.0 Å². The molecular formula is C18H21N3O2. The minimum absolute atomic E-state index is 0.0321. The largest absolute Gasteiger partial charge is 0.496 e. The average molecular weight is 311 g/mol. The number of nitrogens with zero attached hydrogens (tertiary/aromatic N) is 3. The van der Waals surface area contributed by atoms with Gasteiger partial charge < -0.3 is 9.64 Å². The van der Waals surface area contributed by atoms with Crippen molar-refractivity contribution in [2.75, 3.05) is 25.1 Å². The van der Waals surface area contributed by atoms with E-state index in [9.17, 15) is 4.79 Å². The van der Waals surface area contributed by atoms with Crippen LogP contribution in [0.4, 0.5) is 5.82 Å². The lowest BCUT2D eigenvalue weighted by molar-refractivity contribution is 0.0904. The first kappa shape index (κ1) is 15.5. The summed E-state index contributed by atoms with van der Waals surface area (Å²) in [5.41, 5.74) is 0.667. The normalized spacial score (nSPS) is 17.8. The van der Waals surface area contributed by atoms with Gasteiger partial charge in [-0.05, 0) is 38.0 Å². The molecule has 0 saturated carbocycles. The van der Waals surface area contributed by atoms with Gasteiger partial charge in [-0.25, -0.2) is 9.97 Å². The van der Waals surface area contributed by atoms with Crippen LogP contribution in [0.5, 0.6) is 5.75 Å². The van der Waals surface area contributed by atoms with Crippen molar-refractivity contribution in [3.05, 3.63) is 47.9 Å². The number of para-hydroxylation sites is 1. The summed E-state index contributed by atoms with van der Waals surface area (Å²) in [5.74, 6) is 2.41. The van der Waals surface area contributed by atoms with Crippen molar-refractivity contribution in [3.63, 3.8) is 0 Å². The summed E-state index contributed by atoms with van der Waals surface area (Å²) in [6, 6.07) is 9.34. The minimum Gasteiger partial charge on any atom is -0.496 e. The molecular weight excluding hydrogens is 290 g/mol. The second-order valence-electron chi connectivity index (χ2n) is 5.81. The molecule has 1 aliphatic heterocycles. The molecule has 1 aromatic carbocycles. The Labute approximate surface area is 136 Å². The van der Waals surface area contributed by atoms with Crippen LogP contribution in [0.3, 0.4) is 0 Å². The van der Waals surface area contributed by atoms with Crippen molar-refractivity contribution in [3.8, 4) is 5.75 Å². The summed E-state index contributed by atoms with van der Waals surface area (Å²) in [5, 5.41) is 0. The second kappa shape index (κ2) is 6.77. The fourth-order valence-corrected chi connectivity index (χ4v) is 3.09. The fourth-order valence-electron chi connectivity index (χ4n) is 3.09. The minimum atomic E-state index is -0.0321. The van der Waals surface area contributed by atoms with Crippen LogP contribution >= 0.6 is 0 Å². The number of ether oxygens (including phenoxy) is 1. The van der Waals surface area contributed by atoms with Crippen LogP contribution in [0.25, 0.3) is 0 Å². The summed E-state index contributed by atoms with van der Waals surface area (Å²) < 4.78 is 5.33. The van der Waals surface area contributed by atoms with Gasteiger partial charge in [-0.15, -0.1) is 0 Å². The van der Waals surface area contributed by atoms with E-state index in [1.807, 2.05) is 37.3 Å². The molecule has 0 amide bonds. The topological polar surface area (TPSA) is 55.3 Å². The van der Waals surface area contributed by atoms with E-state index in [0.29, 0.717) is 17.9 Å². The number of carbonyl (C=O) groups is 1. The average Bonchev–Trinajstić information content (AvgIpc) is 2.61. The molecule has 0 radical (unpaired) electrons. The van der Waals surface area contributed by atoms with Gasteiger partial charge >= 0.3 is 0 Å². The van der Waals surface area contributed by atoms with E-state index in [-0.39, 0.29) is 11.7 Å². The van der Waals surface area contributed by atoms with Gasteiger partial charge in [-0.2, -0.15) is 0 Å². The van der Waals surface area contributed by atoms with Crippen molar-refractivity contribution in [1.82, 2.24) is 9.97 Å². The summed E-state index contributed by atoms with van der Waals surface area (Å²) >= 11 is 0. The number of Topliss-reactive ketones (excluding diaryl/α,β-unsaturated/α-hetero) is 1. The van der Waals surface area contributed by atoms with E-state index >= 15 is 0 Å². The number of aryl methyl sites for hydroxylation is 1. The summed E-state index contributed by atoms with van der Waals surface area (Å²) in [6.07, 6.45) is 3.65. The zero-order valence-corrected chi connectivity index (χ0v) is 13.5. The van der Waals surface area contributed by atoms with Gasteiger partial charge in [-0.3, -0.25) is 4.79 Å². The fraction of sp³-hybridized carbons (Fsp3) is 0.389. The van der Waals surface area contributed by atoms with Gasteiger partial charge in [0.1, 0.15) is 17.4 Å². The smallest absolute Gasteiger partial charge is 0.171 e. The van der Waals surface area contributed by atoms with Gasteiger partial charge in [-0.1, -0.05) is 12.1 Å². The Balaban J connectivity index is 1.79. The van der Waals surface area contributed by atoms with E-state index in [2.05, 4.69) is 14.9 Å². The van der Waals surface area contributed by atoms with Crippen molar-refractivity contribution in [2.45, 2.75) is 19.8 Å². The molecule has 2 aromatic rings. The number of rotatable bonds is 4. The van der Waals surface area contributed by atoms with Gasteiger partial charge in [0.15, 0.2) is 5.78 Å². The number of piperidine rings is 1. The van der Waals surface area contributed by atoms with E-state index in [1.54, 1.807) is 13.3 Å². The quantitative estimate of drug-likeness (QED) is 0.813. The summed E-state index contributed by atoms with van der Waals surface area (Å²) in [6.45, 7) is 3.49. The number of methoxy groups -OCH3 is 1. The Bertz CT molecular complexity index is 702. The Kier molecular flexibility index (Phi) is 4.55. The molecule has 1 aliphatic rings. The maximum Gasteiger partial charge on any atom is 0.171 e. The number of ketones is 1. The Morgan fingerprint density at radius 1 is 1.30 bits per heavy atom. The highest BCUT2D eigenvalue weighted by atomic mass is 16.5. The van der Waals surface area contributed by atoms with E-state index in [1.165, 1.54) is 0 Å². The Morgan fingerprint density at radius 3 is 2.91 bits per heavy atom. The lowest BCUT2D eigenvalue weighted by Crippen LogP contribution is -2.39. The van der Waals surface area contributed by atoms with Crippen LogP contribution in [0, 0.1) is 12.8 Å². The number of carbonyl (C=O) groups excluding carboxylic acids is 1. The molecule has 1 atom stereocenters. The molecule has 0 unspecified atom stereocenters. The van der Waals surface area contributed by atoms with Gasteiger partial charge in [0.05, 0.1) is 12.7 Å². The summed E-state index contributed by atoms with van der Waals surface area (Å²) in [4.78, 5) is 23.7. The standard InChI is InChI=1S/C18H21N3O2/c1-13-19-10-9-17(20-13)21-11-5-6-14(12-21)18(22)15-7-3-4-8-16(15)23-2/h3-4,7-10,14H,5-6,11-12H2,1-2H3/t14-/m1/s1. The number of benzene rings is 1. The molecule has 0 aliphatic carbocycles. The highest BCUT2D eigenvalue weighted by Crippen LogP contribution is 2.27. The molecule has 1 saturated heterocycles. The predicted octanol–water partition coefficient (Wildman–Crippen LogP) is 2.89. The third-order valence-corrected chi connectivity index (χ3v) is 4.25. The van der Waals surface area contributed by atoms with Crippen LogP contribution in [-0.2, 0) is 0 Å². The van der Waals surface area contributed by atoms with E-state index in [4.69, 9.17) is 4.74 Å². The molecule has 23 heavy (non-hydrogen) atoms. The maximum atomic E-state index is 12.9. The highest BCUT2D eigenvalue weighted by molar-refractivity contribution is 6.00. The monoisotopic (exact) mass is 311 g/mol. The lowest BCUT2D eigenvalue weighted by atomic mass is 9.89. The molecule has 0 bridgehead atoms. The first-order valence-corrected chi connectivity index (χ1v) is 7.91. The molecule has 120 valence electrons. The number of anilines is 1. The third kappa shape index (κ3) is 3.33. The summed E-state index contributed by atoms with van der Waals surface area (Å²) in [7, 11) is 1.60. The van der Waals surface area contributed by atoms with Crippen LogP contribution in [0.2, 0.25) is 0 Å². The van der Waals surface area contributed by atoms with Crippen LogP contribution in [-0.4, -0.2) is 36.0 Å². The molecule has 1 aromatic heterocycles. The van der Waals surface area contributed by atoms with Crippen LogP contribution in [0.15, 0.2) is 36.5 Å². The molecule has 2 heterocycles. The first-order chi connectivity index (χ1) is 11.2. The first-order valence-electron chi connectivity index (χ1n) is 7.91. The Morgan fingerprint density at radius 2 is 2.13 bits per heavy atom. The zero-order chi connectivity index (χ0) is 16.2. The molecule has 1 fully saturated rings. The third-order valence-electron chi connectivity index (χ3n) is 4.25. The molecule has 0 spiro atoms. The van der Waals surface area contributed by atoms with Crippen molar-refractivity contribution in [2.24, 2.45) is 5.92 Å². The predicted molar refractivity (Wildman–Crippen MR) is 89.0 cm³/mol. The van der Waals surface area contributed by atoms with Crippen molar-refractivity contribution < 1.29 is 9.53 Å². The molecule has 5 nitrogen and oxygen atoms in total. The van der Waals surface area contributed by atoms with Crippen molar-refractivity contribution in [1.29, 1.82) is 0 Å². The van der Waals surface area contributed by atoms with Gasteiger partial charge in [0.25, 0.3) is 0 Å². The maximum absolute atomic E-state index is 12.9. The number of aromatic nitrogens is 2. The molecule has 3 rings (SSSR count). The van der Waals surface area contributed by atoms with Crippen molar-refractivity contribution >= 4 is 11.6 Å². The highest BCUT2D eigenvalue weighted by Gasteiger charge is 2.28. The van der Waals surface area contributed by atoms with Crippen LogP contribution < -0.4 is 9.64 Å². The molecule has 0 N–H and O–H groups in total. The SMILES string of the molecule is COc1ccccc1C(=O)[C@@H]1CCCN(c2ccnc(C)n2)C1. The lowest BCUT2D eigenvalue weighted by Gasteiger charge is -2.33. The van der Waals surface area contributed by atoms with E-state index in [0.717, 1.165) is 31.0 Å². The number of hydrogen-bond acceptors (Lipinski definition) is 5. The zero-order valence-electron chi connectivity index (χ0n) is 13.5. The Hall–Kier alpha value is -2.43. The second-order valence-corrected chi connectivity index (χ2v) is 5.81. The van der Waals surface area contributed by atoms with Gasteiger partial charge in [0.2, 0.25) is 0 Å².